The minimum atomic E-state index is -0.230. The van der Waals surface area contributed by atoms with Crippen LogP contribution in [0.5, 0.6) is 11.5 Å². The van der Waals surface area contributed by atoms with Gasteiger partial charge < -0.3 is 9.47 Å². The van der Waals surface area contributed by atoms with E-state index in [-0.39, 0.29) is 23.7 Å². The highest BCUT2D eigenvalue weighted by Crippen LogP contribution is 2.37. The van der Waals surface area contributed by atoms with Gasteiger partial charge in [0.05, 0.1) is 14.2 Å². The van der Waals surface area contributed by atoms with Crippen molar-refractivity contribution in [1.29, 1.82) is 0 Å². The number of methoxy groups -OCH3 is 2. The molecule has 5 nitrogen and oxygen atoms in total. The predicted octanol–water partition coefficient (Wildman–Crippen LogP) is 1.86. The van der Waals surface area contributed by atoms with E-state index in [4.69, 9.17) is 9.47 Å². The van der Waals surface area contributed by atoms with Crippen molar-refractivity contribution in [2.75, 3.05) is 14.2 Å². The summed E-state index contributed by atoms with van der Waals surface area (Å²) in [6, 6.07) is 5.50. The molecule has 0 spiro atoms. The van der Waals surface area contributed by atoms with Crippen LogP contribution < -0.4 is 14.8 Å². The number of piperidine rings is 1. The number of imide groups is 1. The maximum absolute atomic E-state index is 11.9. The Morgan fingerprint density at radius 1 is 1.15 bits per heavy atom. The van der Waals surface area contributed by atoms with Crippen molar-refractivity contribution < 1.29 is 19.1 Å². The van der Waals surface area contributed by atoms with Crippen molar-refractivity contribution in [3.63, 3.8) is 0 Å². The van der Waals surface area contributed by atoms with Gasteiger partial charge in [-0.25, -0.2) is 0 Å². The molecule has 1 aromatic carbocycles. The second-order valence-corrected chi connectivity index (χ2v) is 4.88. The second-order valence-electron chi connectivity index (χ2n) is 4.88. The molecule has 1 saturated heterocycles. The molecule has 2 amide bonds. The summed E-state index contributed by atoms with van der Waals surface area (Å²) in [5, 5.41) is 2.40. The lowest BCUT2D eigenvalue weighted by molar-refractivity contribution is -0.137. The number of hydrogen-bond acceptors (Lipinski definition) is 4. The Morgan fingerprint density at radius 2 is 1.75 bits per heavy atom. The number of nitrogens with one attached hydrogen (secondary N) is 1. The summed E-state index contributed by atoms with van der Waals surface area (Å²) < 4.78 is 10.5. The number of hydrogen-bond donors (Lipinski definition) is 1. The van der Waals surface area contributed by atoms with E-state index < -0.39 is 0 Å². The first-order chi connectivity index (χ1) is 9.58. The SMILES string of the molecule is CCC1C(=O)NC(=O)CC1c1cc(OC)cc(OC)c1. The summed E-state index contributed by atoms with van der Waals surface area (Å²) in [6.45, 7) is 1.95. The monoisotopic (exact) mass is 277 g/mol. The molecule has 108 valence electrons. The third-order valence-corrected chi connectivity index (χ3v) is 3.73. The third-order valence-electron chi connectivity index (χ3n) is 3.73. The molecule has 0 radical (unpaired) electrons. The molecule has 0 aliphatic carbocycles. The molecule has 2 rings (SSSR count). The Labute approximate surface area is 118 Å². The Kier molecular flexibility index (Phi) is 4.27. The highest BCUT2D eigenvalue weighted by atomic mass is 16.5. The smallest absolute Gasteiger partial charge is 0.230 e. The molecular weight excluding hydrogens is 258 g/mol. The van der Waals surface area contributed by atoms with E-state index in [9.17, 15) is 9.59 Å². The van der Waals surface area contributed by atoms with Crippen LogP contribution in [0.2, 0.25) is 0 Å². The zero-order chi connectivity index (χ0) is 14.7. The molecule has 20 heavy (non-hydrogen) atoms. The Hall–Kier alpha value is -2.04. The van der Waals surface area contributed by atoms with Crippen molar-refractivity contribution in [2.24, 2.45) is 5.92 Å². The fourth-order valence-electron chi connectivity index (χ4n) is 2.67. The summed E-state index contributed by atoms with van der Waals surface area (Å²) in [7, 11) is 3.16. The number of carbonyl (C=O) groups excluding carboxylic acids is 2. The molecule has 1 aromatic rings. The van der Waals surface area contributed by atoms with Gasteiger partial charge in [0.2, 0.25) is 11.8 Å². The molecule has 2 unspecified atom stereocenters. The molecule has 0 bridgehead atoms. The first-order valence-corrected chi connectivity index (χ1v) is 6.65. The fourth-order valence-corrected chi connectivity index (χ4v) is 2.67. The van der Waals surface area contributed by atoms with Gasteiger partial charge in [0, 0.05) is 24.3 Å². The lowest BCUT2D eigenvalue weighted by Crippen LogP contribution is -2.44. The summed E-state index contributed by atoms with van der Waals surface area (Å²) >= 11 is 0. The molecule has 1 aliphatic heterocycles. The lowest BCUT2D eigenvalue weighted by Gasteiger charge is -2.30. The van der Waals surface area contributed by atoms with E-state index in [1.807, 2.05) is 19.1 Å². The van der Waals surface area contributed by atoms with Crippen molar-refractivity contribution in [3.8, 4) is 11.5 Å². The Morgan fingerprint density at radius 3 is 2.25 bits per heavy atom. The highest BCUT2D eigenvalue weighted by Gasteiger charge is 2.35. The maximum Gasteiger partial charge on any atom is 0.230 e. The zero-order valence-electron chi connectivity index (χ0n) is 11.9. The van der Waals surface area contributed by atoms with Crippen molar-refractivity contribution in [3.05, 3.63) is 23.8 Å². The molecule has 1 fully saturated rings. The minimum Gasteiger partial charge on any atom is -0.497 e. The summed E-state index contributed by atoms with van der Waals surface area (Å²) in [6.07, 6.45) is 0.990. The van der Waals surface area contributed by atoms with Crippen LogP contribution in [0.15, 0.2) is 18.2 Å². The number of ether oxygens (including phenoxy) is 2. The average molecular weight is 277 g/mol. The van der Waals surface area contributed by atoms with Crippen LogP contribution in [0.3, 0.4) is 0 Å². The molecular formula is C15H19NO4. The van der Waals surface area contributed by atoms with Gasteiger partial charge in [-0.2, -0.15) is 0 Å². The number of rotatable bonds is 4. The number of carbonyl (C=O) groups is 2. The fraction of sp³-hybridized carbons (Fsp3) is 0.467. The van der Waals surface area contributed by atoms with Gasteiger partial charge in [-0.05, 0) is 24.1 Å². The minimum absolute atomic E-state index is 0.134. The molecule has 0 aromatic heterocycles. The largest absolute Gasteiger partial charge is 0.497 e. The van der Waals surface area contributed by atoms with Gasteiger partial charge in [-0.3, -0.25) is 14.9 Å². The molecule has 2 atom stereocenters. The normalized spacial score (nSPS) is 22.4. The van der Waals surface area contributed by atoms with Crippen LogP contribution >= 0.6 is 0 Å². The quantitative estimate of drug-likeness (QED) is 0.853. The van der Waals surface area contributed by atoms with E-state index in [0.29, 0.717) is 24.3 Å². The number of amides is 2. The van der Waals surface area contributed by atoms with Gasteiger partial charge >= 0.3 is 0 Å². The standard InChI is InChI=1S/C15H19NO4/c1-4-12-13(8-14(17)16-15(12)18)9-5-10(19-2)7-11(6-9)20-3/h5-7,12-13H,4,8H2,1-3H3,(H,16,17,18). The highest BCUT2D eigenvalue weighted by molar-refractivity contribution is 5.99. The van der Waals surface area contributed by atoms with E-state index in [1.54, 1.807) is 20.3 Å². The van der Waals surface area contributed by atoms with Crippen LogP contribution in [-0.4, -0.2) is 26.0 Å². The van der Waals surface area contributed by atoms with Gasteiger partial charge in [-0.1, -0.05) is 6.92 Å². The van der Waals surface area contributed by atoms with Gasteiger partial charge in [-0.15, -0.1) is 0 Å². The first kappa shape index (κ1) is 14.4. The van der Waals surface area contributed by atoms with Gasteiger partial charge in [0.15, 0.2) is 0 Å². The van der Waals surface area contributed by atoms with Crippen LogP contribution in [0.25, 0.3) is 0 Å². The zero-order valence-corrected chi connectivity index (χ0v) is 11.9. The van der Waals surface area contributed by atoms with Gasteiger partial charge in [0.25, 0.3) is 0 Å². The van der Waals surface area contributed by atoms with Crippen LogP contribution in [0, 0.1) is 5.92 Å². The van der Waals surface area contributed by atoms with E-state index in [0.717, 1.165) is 5.56 Å². The van der Waals surface area contributed by atoms with Gasteiger partial charge in [0.1, 0.15) is 11.5 Å². The maximum atomic E-state index is 11.9. The molecule has 1 aliphatic rings. The van der Waals surface area contributed by atoms with Crippen LogP contribution in [-0.2, 0) is 9.59 Å². The molecule has 1 N–H and O–H groups in total. The predicted molar refractivity (Wildman–Crippen MR) is 73.8 cm³/mol. The van der Waals surface area contributed by atoms with E-state index in [2.05, 4.69) is 5.32 Å². The Bertz CT molecular complexity index is 504. The Balaban J connectivity index is 2.41. The van der Waals surface area contributed by atoms with Crippen LogP contribution in [0.4, 0.5) is 0 Å². The molecule has 1 heterocycles. The lowest BCUT2D eigenvalue weighted by atomic mass is 9.79. The second kappa shape index (κ2) is 5.94. The summed E-state index contributed by atoms with van der Waals surface area (Å²) in [4.78, 5) is 23.6. The first-order valence-electron chi connectivity index (χ1n) is 6.65. The van der Waals surface area contributed by atoms with E-state index in [1.165, 1.54) is 0 Å². The summed E-state index contributed by atoms with van der Waals surface area (Å²) in [5.41, 5.74) is 0.899. The molecule has 0 saturated carbocycles. The third kappa shape index (κ3) is 2.76. The topological polar surface area (TPSA) is 64.6 Å². The summed E-state index contributed by atoms with van der Waals surface area (Å²) in [5.74, 6) is 0.553. The van der Waals surface area contributed by atoms with Crippen molar-refractivity contribution in [2.45, 2.75) is 25.7 Å². The molecule has 5 heteroatoms. The average Bonchev–Trinajstić information content (AvgIpc) is 2.45. The van der Waals surface area contributed by atoms with Crippen molar-refractivity contribution in [1.82, 2.24) is 5.32 Å². The number of benzene rings is 1. The van der Waals surface area contributed by atoms with Crippen molar-refractivity contribution >= 4 is 11.8 Å². The van der Waals surface area contributed by atoms with Crippen LogP contribution in [0.1, 0.15) is 31.2 Å². The van der Waals surface area contributed by atoms with E-state index >= 15 is 0 Å².